The minimum absolute atomic E-state index is 0.00290. The molecule has 0 saturated carbocycles. The number of halogens is 1. The van der Waals surface area contributed by atoms with Gasteiger partial charge in [0.1, 0.15) is 5.82 Å². The lowest BCUT2D eigenvalue weighted by atomic mass is 10.0. The zero-order valence-corrected chi connectivity index (χ0v) is 14.2. The lowest BCUT2D eigenvalue weighted by molar-refractivity contribution is 0.185. The van der Waals surface area contributed by atoms with Gasteiger partial charge in [0.15, 0.2) is 0 Å². The molecule has 0 atom stereocenters. The first-order chi connectivity index (χ1) is 10.7. The summed E-state index contributed by atoms with van der Waals surface area (Å²) >= 11 is 3.47. The first-order valence-electron chi connectivity index (χ1n) is 7.13. The van der Waals surface area contributed by atoms with Crippen LogP contribution in [0.3, 0.4) is 0 Å². The fourth-order valence-corrected chi connectivity index (χ4v) is 3.07. The second kappa shape index (κ2) is 6.18. The zero-order valence-electron chi connectivity index (χ0n) is 12.6. The molecule has 0 fully saturated rings. The third kappa shape index (κ3) is 2.55. The molecule has 114 valence electrons. The maximum atomic E-state index is 12.9. The lowest BCUT2D eigenvalue weighted by Crippen LogP contribution is -2.25. The summed E-state index contributed by atoms with van der Waals surface area (Å²) in [5.41, 5.74) is 1.88. The third-order valence-electron chi connectivity index (χ3n) is 3.87. The van der Waals surface area contributed by atoms with Crippen LogP contribution in [0.5, 0.6) is 0 Å². The summed E-state index contributed by atoms with van der Waals surface area (Å²) in [4.78, 5) is 17.5. The molecule has 3 rings (SSSR count). The molecule has 0 aliphatic carbocycles. The first kappa shape index (κ1) is 15.2. The van der Waals surface area contributed by atoms with E-state index in [4.69, 9.17) is 4.74 Å². The van der Waals surface area contributed by atoms with Crippen LogP contribution < -0.4 is 5.56 Å². The van der Waals surface area contributed by atoms with Crippen LogP contribution in [0.15, 0.2) is 35.1 Å². The van der Waals surface area contributed by atoms with Crippen molar-refractivity contribution in [2.24, 2.45) is 0 Å². The van der Waals surface area contributed by atoms with E-state index in [1.54, 1.807) is 11.7 Å². The topological polar surface area (TPSA) is 44.1 Å². The predicted octanol–water partition coefficient (Wildman–Crippen LogP) is 3.40. The fourth-order valence-electron chi connectivity index (χ4n) is 2.72. The number of hydrogen-bond acceptors (Lipinski definition) is 3. The quantitative estimate of drug-likeness (QED) is 0.529. The molecule has 0 unspecified atom stereocenters. The van der Waals surface area contributed by atoms with E-state index in [0.29, 0.717) is 24.4 Å². The van der Waals surface area contributed by atoms with Gasteiger partial charge in [0.2, 0.25) is 0 Å². The van der Waals surface area contributed by atoms with Gasteiger partial charge in [-0.3, -0.25) is 9.36 Å². The Kier molecular flexibility index (Phi) is 4.27. The molecule has 0 spiro atoms. The van der Waals surface area contributed by atoms with Crippen LogP contribution >= 0.6 is 15.9 Å². The Hall–Kier alpha value is -1.72. The van der Waals surface area contributed by atoms with Crippen LogP contribution in [0.4, 0.5) is 0 Å². The van der Waals surface area contributed by atoms with Crippen LogP contribution in [0.2, 0.25) is 0 Å². The van der Waals surface area contributed by atoms with Crippen molar-refractivity contribution in [3.05, 3.63) is 52.1 Å². The van der Waals surface area contributed by atoms with Crippen molar-refractivity contribution in [1.29, 1.82) is 0 Å². The van der Waals surface area contributed by atoms with E-state index in [1.165, 1.54) is 0 Å². The molecule has 3 aromatic rings. The number of benzene rings is 2. The zero-order chi connectivity index (χ0) is 15.7. The summed E-state index contributed by atoms with van der Waals surface area (Å²) < 4.78 is 6.78. The molecule has 2 aromatic carbocycles. The number of aryl methyl sites for hydroxylation is 1. The van der Waals surface area contributed by atoms with Crippen molar-refractivity contribution >= 4 is 37.6 Å². The van der Waals surface area contributed by atoms with Gasteiger partial charge < -0.3 is 4.74 Å². The Labute approximate surface area is 136 Å². The molecule has 4 nitrogen and oxygen atoms in total. The Morgan fingerprint density at radius 3 is 2.77 bits per heavy atom. The molecule has 1 aromatic heterocycles. The Bertz CT molecular complexity index is 902. The highest BCUT2D eigenvalue weighted by Gasteiger charge is 2.11. The van der Waals surface area contributed by atoms with E-state index < -0.39 is 0 Å². The van der Waals surface area contributed by atoms with Crippen LogP contribution in [0.25, 0.3) is 21.7 Å². The lowest BCUT2D eigenvalue weighted by Gasteiger charge is -2.12. The van der Waals surface area contributed by atoms with E-state index in [0.717, 1.165) is 27.2 Å². The molecule has 5 heteroatoms. The molecule has 1 heterocycles. The van der Waals surface area contributed by atoms with Crippen LogP contribution in [0, 0.1) is 6.92 Å². The summed E-state index contributed by atoms with van der Waals surface area (Å²) in [6.07, 6.45) is 0. The number of hydrogen-bond donors (Lipinski definition) is 0. The van der Waals surface area contributed by atoms with Crippen molar-refractivity contribution in [3.63, 3.8) is 0 Å². The van der Waals surface area contributed by atoms with E-state index >= 15 is 0 Å². The molecule has 0 radical (unpaired) electrons. The van der Waals surface area contributed by atoms with Crippen molar-refractivity contribution in [1.82, 2.24) is 9.55 Å². The minimum atomic E-state index is -0.00290. The second-order valence-electron chi connectivity index (χ2n) is 5.26. The number of methoxy groups -OCH3 is 1. The van der Waals surface area contributed by atoms with Gasteiger partial charge in [0, 0.05) is 12.4 Å². The maximum Gasteiger partial charge on any atom is 0.262 e. The van der Waals surface area contributed by atoms with Gasteiger partial charge in [-0.25, -0.2) is 4.98 Å². The summed E-state index contributed by atoms with van der Waals surface area (Å²) in [5.74, 6) is 0.713. The smallest absolute Gasteiger partial charge is 0.262 e. The van der Waals surface area contributed by atoms with Gasteiger partial charge in [-0.15, -0.1) is 0 Å². The highest BCUT2D eigenvalue weighted by Crippen LogP contribution is 2.24. The SMILES string of the molecule is COCCn1c(C)nc2ccc3ccc(CBr)cc3c2c1=O. The van der Waals surface area contributed by atoms with Gasteiger partial charge in [0.05, 0.1) is 24.1 Å². The molecule has 0 saturated heterocycles. The molecule has 0 bridgehead atoms. The van der Waals surface area contributed by atoms with Gasteiger partial charge in [-0.1, -0.05) is 34.1 Å². The summed E-state index contributed by atoms with van der Waals surface area (Å²) in [7, 11) is 1.63. The molecule has 0 aliphatic heterocycles. The molecular weight excluding hydrogens is 344 g/mol. The Balaban J connectivity index is 2.38. The summed E-state index contributed by atoms with van der Waals surface area (Å²) in [5, 5.41) is 3.45. The fraction of sp³-hybridized carbons (Fsp3) is 0.294. The molecule has 22 heavy (non-hydrogen) atoms. The summed E-state index contributed by atoms with van der Waals surface area (Å²) in [6.45, 7) is 2.86. The van der Waals surface area contributed by atoms with Crippen molar-refractivity contribution < 1.29 is 4.74 Å². The minimum Gasteiger partial charge on any atom is -0.383 e. The van der Waals surface area contributed by atoms with Crippen molar-refractivity contribution in [3.8, 4) is 0 Å². The molecular formula is C17H17BrN2O2. The highest BCUT2D eigenvalue weighted by molar-refractivity contribution is 9.08. The first-order valence-corrected chi connectivity index (χ1v) is 8.25. The number of nitrogens with zero attached hydrogens (tertiary/aromatic N) is 2. The monoisotopic (exact) mass is 360 g/mol. The molecule has 0 amide bonds. The van der Waals surface area contributed by atoms with E-state index in [1.807, 2.05) is 25.1 Å². The number of aromatic nitrogens is 2. The second-order valence-corrected chi connectivity index (χ2v) is 5.82. The normalized spacial score (nSPS) is 11.4. The van der Waals surface area contributed by atoms with E-state index in [9.17, 15) is 4.79 Å². The number of alkyl halides is 1. The van der Waals surface area contributed by atoms with Gasteiger partial charge in [-0.05, 0) is 35.4 Å². The van der Waals surface area contributed by atoms with Crippen molar-refractivity contribution in [2.75, 3.05) is 13.7 Å². The number of rotatable bonds is 4. The van der Waals surface area contributed by atoms with Crippen LogP contribution in [-0.2, 0) is 16.6 Å². The Morgan fingerprint density at radius 1 is 1.27 bits per heavy atom. The summed E-state index contributed by atoms with van der Waals surface area (Å²) in [6, 6.07) is 10.1. The highest BCUT2D eigenvalue weighted by atomic mass is 79.9. The predicted molar refractivity (Wildman–Crippen MR) is 92.8 cm³/mol. The van der Waals surface area contributed by atoms with Gasteiger partial charge in [-0.2, -0.15) is 0 Å². The van der Waals surface area contributed by atoms with Crippen LogP contribution in [-0.4, -0.2) is 23.3 Å². The van der Waals surface area contributed by atoms with Crippen molar-refractivity contribution in [2.45, 2.75) is 18.8 Å². The van der Waals surface area contributed by atoms with Gasteiger partial charge >= 0.3 is 0 Å². The maximum absolute atomic E-state index is 12.9. The van der Waals surface area contributed by atoms with Gasteiger partial charge in [0.25, 0.3) is 5.56 Å². The average Bonchev–Trinajstić information content (AvgIpc) is 2.53. The number of fused-ring (bicyclic) bond motifs is 3. The molecule has 0 N–H and O–H groups in total. The largest absolute Gasteiger partial charge is 0.383 e. The Morgan fingerprint density at radius 2 is 2.05 bits per heavy atom. The number of ether oxygens (including phenoxy) is 1. The molecule has 0 aliphatic rings. The third-order valence-corrected chi connectivity index (χ3v) is 4.52. The standard InChI is InChI=1S/C17H17BrN2O2/c1-11-19-15-6-5-13-4-3-12(10-18)9-14(13)16(15)17(21)20(11)7-8-22-2/h3-6,9H,7-8,10H2,1-2H3. The van der Waals surface area contributed by atoms with E-state index in [-0.39, 0.29) is 5.56 Å². The average molecular weight is 361 g/mol. The van der Waals surface area contributed by atoms with E-state index in [2.05, 4.69) is 33.0 Å². The van der Waals surface area contributed by atoms with Crippen LogP contribution in [0.1, 0.15) is 11.4 Å².